The van der Waals surface area contributed by atoms with Crippen molar-refractivity contribution >= 4 is 27.3 Å². The van der Waals surface area contributed by atoms with Gasteiger partial charge in [0.25, 0.3) is 5.69 Å². The molecule has 6 nitrogen and oxygen atoms in total. The van der Waals surface area contributed by atoms with Gasteiger partial charge in [-0.15, -0.1) is 11.6 Å². The number of hydrogen-bond donors (Lipinski definition) is 1. The standard InChI is InChI=1S/C9H11ClN2O4S/c10-5-6-17(15,16)11-7-8-1-3-9(4-2-8)12(13)14/h1-4,11H,5-7H2. The van der Waals surface area contributed by atoms with E-state index in [1.54, 1.807) is 0 Å². The zero-order chi connectivity index (χ0) is 12.9. The van der Waals surface area contributed by atoms with E-state index in [0.29, 0.717) is 5.56 Å². The summed E-state index contributed by atoms with van der Waals surface area (Å²) in [6.07, 6.45) is 0. The van der Waals surface area contributed by atoms with E-state index in [1.165, 1.54) is 24.3 Å². The second kappa shape index (κ2) is 5.95. The highest BCUT2D eigenvalue weighted by Crippen LogP contribution is 2.11. The largest absolute Gasteiger partial charge is 0.269 e. The van der Waals surface area contributed by atoms with Gasteiger partial charge in [0.2, 0.25) is 10.0 Å². The van der Waals surface area contributed by atoms with Gasteiger partial charge in [0.1, 0.15) is 0 Å². The van der Waals surface area contributed by atoms with Crippen LogP contribution in [0.25, 0.3) is 0 Å². The Hall–Kier alpha value is -1.18. The van der Waals surface area contributed by atoms with Gasteiger partial charge in [0.05, 0.1) is 10.7 Å². The predicted molar refractivity (Wildman–Crippen MR) is 64.4 cm³/mol. The summed E-state index contributed by atoms with van der Waals surface area (Å²) in [5.74, 6) is -0.128. The van der Waals surface area contributed by atoms with Crippen molar-refractivity contribution in [2.75, 3.05) is 11.6 Å². The van der Waals surface area contributed by atoms with Crippen LogP contribution in [0.5, 0.6) is 0 Å². The van der Waals surface area contributed by atoms with Crippen molar-refractivity contribution in [3.05, 3.63) is 39.9 Å². The predicted octanol–water partition coefficient (Wildman–Crippen LogP) is 1.25. The number of nitrogens with one attached hydrogen (secondary N) is 1. The molecular weight excluding hydrogens is 268 g/mol. The van der Waals surface area contributed by atoms with Crippen molar-refractivity contribution < 1.29 is 13.3 Å². The Morgan fingerprint density at radius 2 is 1.88 bits per heavy atom. The zero-order valence-corrected chi connectivity index (χ0v) is 10.4. The summed E-state index contributed by atoms with van der Waals surface area (Å²) in [6.45, 7) is 0.0945. The lowest BCUT2D eigenvalue weighted by Gasteiger charge is -2.04. The summed E-state index contributed by atoms with van der Waals surface area (Å²) in [7, 11) is -3.37. The molecule has 0 amide bonds. The lowest BCUT2D eigenvalue weighted by molar-refractivity contribution is -0.384. The van der Waals surface area contributed by atoms with Crippen LogP contribution in [0.2, 0.25) is 0 Å². The van der Waals surface area contributed by atoms with Crippen molar-refractivity contribution in [3.8, 4) is 0 Å². The molecule has 1 N–H and O–H groups in total. The molecule has 0 unspecified atom stereocenters. The number of non-ortho nitro benzene ring substituents is 1. The fourth-order valence-electron chi connectivity index (χ4n) is 1.10. The average molecular weight is 279 g/mol. The van der Waals surface area contributed by atoms with Crippen LogP contribution < -0.4 is 4.72 Å². The lowest BCUT2D eigenvalue weighted by Crippen LogP contribution is -2.26. The molecule has 1 aromatic carbocycles. The first-order valence-corrected chi connectivity index (χ1v) is 6.90. The molecule has 0 aliphatic heterocycles. The molecule has 1 aromatic rings. The first kappa shape index (κ1) is 13.9. The molecule has 0 aliphatic carbocycles. The smallest absolute Gasteiger partial charge is 0.258 e. The van der Waals surface area contributed by atoms with E-state index in [4.69, 9.17) is 11.6 Å². The highest BCUT2D eigenvalue weighted by Gasteiger charge is 2.09. The SMILES string of the molecule is O=[N+]([O-])c1ccc(CNS(=O)(=O)CCCl)cc1. The third-order valence-electron chi connectivity index (χ3n) is 1.99. The van der Waals surface area contributed by atoms with E-state index in [1.807, 2.05) is 0 Å². The van der Waals surface area contributed by atoms with Gasteiger partial charge in [0, 0.05) is 24.6 Å². The summed E-state index contributed by atoms with van der Waals surface area (Å²) in [5.41, 5.74) is 0.617. The normalized spacial score (nSPS) is 11.4. The fraction of sp³-hybridized carbons (Fsp3) is 0.333. The molecule has 0 aromatic heterocycles. The van der Waals surface area contributed by atoms with E-state index < -0.39 is 14.9 Å². The van der Waals surface area contributed by atoms with Gasteiger partial charge < -0.3 is 0 Å². The van der Waals surface area contributed by atoms with E-state index in [2.05, 4.69) is 4.72 Å². The molecule has 0 spiro atoms. The molecule has 17 heavy (non-hydrogen) atoms. The van der Waals surface area contributed by atoms with Crippen molar-refractivity contribution in [1.29, 1.82) is 0 Å². The third kappa shape index (κ3) is 4.68. The highest BCUT2D eigenvalue weighted by atomic mass is 35.5. The van der Waals surface area contributed by atoms with E-state index in [-0.39, 0.29) is 23.9 Å². The van der Waals surface area contributed by atoms with Crippen molar-refractivity contribution in [2.24, 2.45) is 0 Å². The molecule has 94 valence electrons. The Morgan fingerprint density at radius 3 is 2.35 bits per heavy atom. The van der Waals surface area contributed by atoms with Crippen LogP contribution >= 0.6 is 11.6 Å². The van der Waals surface area contributed by atoms with Crippen molar-refractivity contribution in [1.82, 2.24) is 4.72 Å². The molecular formula is C9H11ClN2O4S. The van der Waals surface area contributed by atoms with Crippen LogP contribution in [-0.2, 0) is 16.6 Å². The van der Waals surface area contributed by atoms with Crippen LogP contribution in [0.4, 0.5) is 5.69 Å². The average Bonchev–Trinajstić information content (AvgIpc) is 2.27. The van der Waals surface area contributed by atoms with E-state index in [0.717, 1.165) is 0 Å². The molecule has 0 atom stereocenters. The van der Waals surface area contributed by atoms with Crippen LogP contribution in [0.15, 0.2) is 24.3 Å². The minimum absolute atomic E-state index is 0.0234. The Balaban J connectivity index is 2.62. The lowest BCUT2D eigenvalue weighted by atomic mass is 10.2. The highest BCUT2D eigenvalue weighted by molar-refractivity contribution is 7.89. The molecule has 8 heteroatoms. The molecule has 0 aliphatic rings. The first-order valence-electron chi connectivity index (χ1n) is 4.71. The molecule has 0 fully saturated rings. The van der Waals surface area contributed by atoms with Crippen LogP contribution in [0.1, 0.15) is 5.56 Å². The maximum absolute atomic E-state index is 11.3. The van der Waals surface area contributed by atoms with Gasteiger partial charge >= 0.3 is 0 Å². The minimum Gasteiger partial charge on any atom is -0.258 e. The number of hydrogen-bond acceptors (Lipinski definition) is 4. The Bertz CT molecular complexity index is 486. The summed E-state index contributed by atoms with van der Waals surface area (Å²) < 4.78 is 24.9. The number of nitro groups is 1. The Morgan fingerprint density at radius 1 is 1.29 bits per heavy atom. The quantitative estimate of drug-likeness (QED) is 0.482. The van der Waals surface area contributed by atoms with E-state index in [9.17, 15) is 18.5 Å². The molecule has 0 bridgehead atoms. The van der Waals surface area contributed by atoms with Crippen molar-refractivity contribution in [3.63, 3.8) is 0 Å². The number of nitro benzene ring substituents is 1. The second-order valence-electron chi connectivity index (χ2n) is 3.25. The maximum Gasteiger partial charge on any atom is 0.269 e. The Kier molecular flexibility index (Phi) is 4.86. The Labute approximate surface area is 104 Å². The number of benzene rings is 1. The number of nitrogens with zero attached hydrogens (tertiary/aromatic N) is 1. The van der Waals surface area contributed by atoms with Gasteiger partial charge in [-0.1, -0.05) is 12.1 Å². The topological polar surface area (TPSA) is 89.3 Å². The first-order chi connectivity index (χ1) is 7.94. The number of alkyl halides is 1. The van der Waals surface area contributed by atoms with Crippen LogP contribution in [0, 0.1) is 10.1 Å². The van der Waals surface area contributed by atoms with Gasteiger partial charge in [-0.25, -0.2) is 13.1 Å². The van der Waals surface area contributed by atoms with Gasteiger partial charge in [-0.2, -0.15) is 0 Å². The second-order valence-corrected chi connectivity index (χ2v) is 5.56. The van der Waals surface area contributed by atoms with Crippen molar-refractivity contribution in [2.45, 2.75) is 6.54 Å². The minimum atomic E-state index is -3.37. The number of rotatable bonds is 6. The maximum atomic E-state index is 11.3. The van der Waals surface area contributed by atoms with Gasteiger partial charge in [-0.3, -0.25) is 10.1 Å². The van der Waals surface area contributed by atoms with Crippen LogP contribution in [-0.4, -0.2) is 25.0 Å². The van der Waals surface area contributed by atoms with Gasteiger partial charge in [-0.05, 0) is 5.56 Å². The molecule has 1 rings (SSSR count). The van der Waals surface area contributed by atoms with Gasteiger partial charge in [0.15, 0.2) is 0 Å². The molecule has 0 radical (unpaired) electrons. The summed E-state index contributed by atoms with van der Waals surface area (Å²) >= 11 is 5.33. The fourth-order valence-corrected chi connectivity index (χ4v) is 2.45. The summed E-state index contributed by atoms with van der Waals surface area (Å²) in [5, 5.41) is 10.4. The van der Waals surface area contributed by atoms with Crippen LogP contribution in [0.3, 0.4) is 0 Å². The molecule has 0 saturated heterocycles. The zero-order valence-electron chi connectivity index (χ0n) is 8.80. The number of halogens is 1. The van der Waals surface area contributed by atoms with E-state index >= 15 is 0 Å². The molecule has 0 heterocycles. The number of sulfonamides is 1. The third-order valence-corrected chi connectivity index (χ3v) is 3.73. The monoisotopic (exact) mass is 278 g/mol. The molecule has 0 saturated carbocycles. The summed E-state index contributed by atoms with van der Waals surface area (Å²) in [6, 6.07) is 5.65. The summed E-state index contributed by atoms with van der Waals surface area (Å²) in [4.78, 5) is 9.88.